The molecule has 0 aromatic carbocycles. The average molecular weight is 230 g/mol. The molecule has 15 heavy (non-hydrogen) atoms. The lowest BCUT2D eigenvalue weighted by atomic mass is 9.94. The molecule has 1 amide bonds. The average Bonchev–Trinajstić information content (AvgIpc) is 2.45. The van der Waals surface area contributed by atoms with Gasteiger partial charge in [0.1, 0.15) is 0 Å². The van der Waals surface area contributed by atoms with E-state index in [-0.39, 0.29) is 11.8 Å². The van der Waals surface area contributed by atoms with Crippen molar-refractivity contribution in [3.63, 3.8) is 0 Å². The smallest absolute Gasteiger partial charge is 0.227 e. The number of nitrogens with zero attached hydrogens (tertiary/aromatic N) is 1. The standard InChI is InChI=1S/C11H22N2OS/c1-9(2)10(8-12)11(14)13-4-3-6-15-7-5-13/h9-10H,3-8,12H2,1-2H3. The highest BCUT2D eigenvalue weighted by molar-refractivity contribution is 7.99. The number of hydrogen-bond donors (Lipinski definition) is 1. The molecule has 3 nitrogen and oxygen atoms in total. The molecule has 1 saturated heterocycles. The molecule has 0 aliphatic carbocycles. The van der Waals surface area contributed by atoms with Crippen LogP contribution < -0.4 is 5.73 Å². The Hall–Kier alpha value is -0.220. The molecule has 0 bridgehead atoms. The van der Waals surface area contributed by atoms with Gasteiger partial charge in [0.05, 0.1) is 5.92 Å². The molecule has 0 spiro atoms. The maximum Gasteiger partial charge on any atom is 0.227 e. The van der Waals surface area contributed by atoms with Crippen LogP contribution in [0.3, 0.4) is 0 Å². The van der Waals surface area contributed by atoms with Gasteiger partial charge in [-0.15, -0.1) is 0 Å². The summed E-state index contributed by atoms with van der Waals surface area (Å²) < 4.78 is 0. The Morgan fingerprint density at radius 3 is 2.73 bits per heavy atom. The summed E-state index contributed by atoms with van der Waals surface area (Å²) in [5.41, 5.74) is 5.67. The van der Waals surface area contributed by atoms with Crippen LogP contribution in [0.5, 0.6) is 0 Å². The molecule has 88 valence electrons. The fourth-order valence-electron chi connectivity index (χ4n) is 1.86. The monoisotopic (exact) mass is 230 g/mol. The van der Waals surface area contributed by atoms with E-state index in [1.165, 1.54) is 5.75 Å². The van der Waals surface area contributed by atoms with Gasteiger partial charge in [-0.25, -0.2) is 0 Å². The molecule has 1 fully saturated rings. The molecular formula is C11H22N2OS. The molecule has 1 aliphatic heterocycles. The Kier molecular flexibility index (Phi) is 5.47. The van der Waals surface area contributed by atoms with Crippen LogP contribution in [0.25, 0.3) is 0 Å². The summed E-state index contributed by atoms with van der Waals surface area (Å²) in [5.74, 6) is 2.86. The van der Waals surface area contributed by atoms with Crippen LogP contribution in [0, 0.1) is 11.8 Å². The van der Waals surface area contributed by atoms with Gasteiger partial charge in [-0.05, 0) is 18.1 Å². The van der Waals surface area contributed by atoms with Crippen molar-refractivity contribution in [3.05, 3.63) is 0 Å². The number of nitrogens with two attached hydrogens (primary N) is 1. The summed E-state index contributed by atoms with van der Waals surface area (Å²) in [6, 6.07) is 0. The summed E-state index contributed by atoms with van der Waals surface area (Å²) in [6.45, 7) is 6.42. The van der Waals surface area contributed by atoms with Gasteiger partial charge in [-0.3, -0.25) is 4.79 Å². The fourth-order valence-corrected chi connectivity index (χ4v) is 2.75. The first-order chi connectivity index (χ1) is 7.16. The van der Waals surface area contributed by atoms with Crippen LogP contribution in [0.2, 0.25) is 0 Å². The summed E-state index contributed by atoms with van der Waals surface area (Å²) in [6.07, 6.45) is 1.12. The number of hydrogen-bond acceptors (Lipinski definition) is 3. The summed E-state index contributed by atoms with van der Waals surface area (Å²) in [4.78, 5) is 14.2. The predicted octanol–water partition coefficient (Wildman–Crippen LogP) is 1.18. The molecule has 1 rings (SSSR count). The number of thioether (sulfide) groups is 1. The maximum atomic E-state index is 12.2. The van der Waals surface area contributed by atoms with E-state index in [0.717, 1.165) is 25.3 Å². The van der Waals surface area contributed by atoms with Crippen molar-refractivity contribution < 1.29 is 4.79 Å². The van der Waals surface area contributed by atoms with Crippen LogP contribution in [0.4, 0.5) is 0 Å². The zero-order chi connectivity index (χ0) is 11.3. The summed E-state index contributed by atoms with van der Waals surface area (Å²) >= 11 is 1.94. The van der Waals surface area contributed by atoms with Crippen LogP contribution in [-0.4, -0.2) is 41.9 Å². The van der Waals surface area contributed by atoms with Crippen LogP contribution in [0.15, 0.2) is 0 Å². The molecule has 0 aromatic heterocycles. The Balaban J connectivity index is 2.55. The number of rotatable bonds is 3. The van der Waals surface area contributed by atoms with Crippen molar-refractivity contribution in [2.75, 3.05) is 31.1 Å². The third-order valence-electron chi connectivity index (χ3n) is 2.91. The lowest BCUT2D eigenvalue weighted by molar-refractivity contribution is -0.136. The molecular weight excluding hydrogens is 208 g/mol. The van der Waals surface area contributed by atoms with Crippen LogP contribution in [0.1, 0.15) is 20.3 Å². The first-order valence-corrected chi connectivity index (χ1v) is 6.89. The number of carbonyl (C=O) groups excluding carboxylic acids is 1. The zero-order valence-corrected chi connectivity index (χ0v) is 10.6. The first-order valence-electron chi connectivity index (χ1n) is 5.73. The van der Waals surface area contributed by atoms with Crippen molar-refractivity contribution in [1.82, 2.24) is 4.90 Å². The largest absolute Gasteiger partial charge is 0.342 e. The number of carbonyl (C=O) groups is 1. The first kappa shape index (κ1) is 12.8. The van der Waals surface area contributed by atoms with Crippen molar-refractivity contribution in [2.45, 2.75) is 20.3 Å². The van der Waals surface area contributed by atoms with Gasteiger partial charge in [0, 0.05) is 25.4 Å². The van der Waals surface area contributed by atoms with E-state index in [1.807, 2.05) is 16.7 Å². The zero-order valence-electron chi connectivity index (χ0n) is 9.74. The molecule has 1 heterocycles. The van der Waals surface area contributed by atoms with Crippen molar-refractivity contribution in [1.29, 1.82) is 0 Å². The molecule has 1 atom stereocenters. The maximum absolute atomic E-state index is 12.2. The molecule has 1 aliphatic rings. The minimum atomic E-state index is 0.00750. The Morgan fingerprint density at radius 1 is 1.40 bits per heavy atom. The summed E-state index contributed by atoms with van der Waals surface area (Å²) in [5, 5.41) is 0. The normalized spacial score (nSPS) is 20.1. The van der Waals surface area contributed by atoms with Gasteiger partial charge in [0.15, 0.2) is 0 Å². The van der Waals surface area contributed by atoms with Gasteiger partial charge in [-0.2, -0.15) is 11.8 Å². The Morgan fingerprint density at radius 2 is 2.13 bits per heavy atom. The van der Waals surface area contributed by atoms with Crippen molar-refractivity contribution in [2.24, 2.45) is 17.6 Å². The van der Waals surface area contributed by atoms with E-state index in [9.17, 15) is 4.79 Å². The molecule has 1 unspecified atom stereocenters. The lowest BCUT2D eigenvalue weighted by Gasteiger charge is -2.27. The Labute approximate surface area is 96.8 Å². The highest BCUT2D eigenvalue weighted by atomic mass is 32.2. The second-order valence-electron chi connectivity index (χ2n) is 4.38. The second kappa shape index (κ2) is 6.38. The van der Waals surface area contributed by atoms with Crippen LogP contribution >= 0.6 is 11.8 Å². The van der Waals surface area contributed by atoms with Crippen molar-refractivity contribution in [3.8, 4) is 0 Å². The van der Waals surface area contributed by atoms with Gasteiger partial charge < -0.3 is 10.6 Å². The van der Waals surface area contributed by atoms with Gasteiger partial charge in [0.2, 0.25) is 5.91 Å². The minimum absolute atomic E-state index is 0.00750. The number of amides is 1. The van der Waals surface area contributed by atoms with E-state index in [1.54, 1.807) is 0 Å². The molecule has 0 aromatic rings. The highest BCUT2D eigenvalue weighted by Gasteiger charge is 2.26. The van der Waals surface area contributed by atoms with Gasteiger partial charge in [-0.1, -0.05) is 13.8 Å². The fraction of sp³-hybridized carbons (Fsp3) is 0.909. The lowest BCUT2D eigenvalue weighted by Crippen LogP contribution is -2.42. The molecule has 0 saturated carbocycles. The Bertz CT molecular complexity index is 201. The third kappa shape index (κ3) is 3.68. The SMILES string of the molecule is CC(C)C(CN)C(=O)N1CCCSCC1. The van der Waals surface area contributed by atoms with E-state index in [0.29, 0.717) is 12.5 Å². The third-order valence-corrected chi connectivity index (χ3v) is 3.96. The van der Waals surface area contributed by atoms with E-state index in [2.05, 4.69) is 13.8 Å². The van der Waals surface area contributed by atoms with Crippen molar-refractivity contribution >= 4 is 17.7 Å². The molecule has 4 heteroatoms. The second-order valence-corrected chi connectivity index (χ2v) is 5.60. The van der Waals surface area contributed by atoms with Gasteiger partial charge >= 0.3 is 0 Å². The predicted molar refractivity (Wildman–Crippen MR) is 65.9 cm³/mol. The quantitative estimate of drug-likeness (QED) is 0.792. The van der Waals surface area contributed by atoms with E-state index < -0.39 is 0 Å². The van der Waals surface area contributed by atoms with E-state index in [4.69, 9.17) is 5.73 Å². The van der Waals surface area contributed by atoms with E-state index >= 15 is 0 Å². The van der Waals surface area contributed by atoms with Gasteiger partial charge in [0.25, 0.3) is 0 Å². The molecule has 2 N–H and O–H groups in total. The topological polar surface area (TPSA) is 46.3 Å². The summed E-state index contributed by atoms with van der Waals surface area (Å²) in [7, 11) is 0. The highest BCUT2D eigenvalue weighted by Crippen LogP contribution is 2.16. The minimum Gasteiger partial charge on any atom is -0.342 e. The molecule has 0 radical (unpaired) electrons. The van der Waals surface area contributed by atoms with Crippen LogP contribution in [-0.2, 0) is 4.79 Å².